The minimum absolute atomic E-state index is 0.00981. The quantitative estimate of drug-likeness (QED) is 0.623. The summed E-state index contributed by atoms with van der Waals surface area (Å²) < 4.78 is 18.7. The molecule has 144 valence electrons. The Balaban J connectivity index is 1.72. The van der Waals surface area contributed by atoms with Gasteiger partial charge in [0.15, 0.2) is 35.1 Å². The van der Waals surface area contributed by atoms with Gasteiger partial charge in [-0.25, -0.2) is 9.98 Å². The van der Waals surface area contributed by atoms with Gasteiger partial charge >= 0.3 is 0 Å². The minimum Gasteiger partial charge on any atom is -0.504 e. The summed E-state index contributed by atoms with van der Waals surface area (Å²) in [5.74, 6) is 2.43. The summed E-state index contributed by atoms with van der Waals surface area (Å²) >= 11 is 0. The van der Waals surface area contributed by atoms with Crippen LogP contribution in [0.1, 0.15) is 18.2 Å². The zero-order valence-electron chi connectivity index (χ0n) is 15.2. The molecule has 28 heavy (non-hydrogen) atoms. The number of nitrogens with one attached hydrogen (secondary N) is 1. The van der Waals surface area contributed by atoms with Crippen molar-refractivity contribution in [1.82, 2.24) is 9.55 Å². The number of benzene rings is 2. The number of fused-ring (bicyclic) bond motifs is 4. The molecule has 4 N–H and O–H groups in total. The fraction of sp³-hybridized carbons (Fsp3) is 0.263. The molecule has 0 bridgehead atoms. The number of aromatic hydroxyl groups is 1. The average molecular weight is 381 g/mol. The lowest BCUT2D eigenvalue weighted by Crippen LogP contribution is -2.31. The third kappa shape index (κ3) is 2.47. The molecule has 9 heteroatoms. The van der Waals surface area contributed by atoms with E-state index in [1.165, 1.54) is 7.11 Å². The van der Waals surface area contributed by atoms with Gasteiger partial charge in [-0.15, -0.1) is 0 Å². The number of imidazole rings is 1. The number of phenolic OH excluding ortho intramolecular Hbond substituents is 1. The Kier molecular flexibility index (Phi) is 3.68. The molecule has 9 nitrogen and oxygen atoms in total. The van der Waals surface area contributed by atoms with Crippen molar-refractivity contribution in [2.75, 3.05) is 25.6 Å². The molecular formula is C19H19N5O4. The van der Waals surface area contributed by atoms with Crippen LogP contribution >= 0.6 is 0 Å². The van der Waals surface area contributed by atoms with Crippen molar-refractivity contribution in [2.24, 2.45) is 10.7 Å². The van der Waals surface area contributed by atoms with Gasteiger partial charge in [0, 0.05) is 24.1 Å². The first-order valence-electron chi connectivity index (χ1n) is 8.93. The van der Waals surface area contributed by atoms with E-state index in [1.54, 1.807) is 18.2 Å². The molecule has 0 unspecified atom stereocenters. The van der Waals surface area contributed by atoms with E-state index >= 15 is 0 Å². The van der Waals surface area contributed by atoms with Crippen LogP contribution in [0.5, 0.6) is 23.0 Å². The molecule has 1 aromatic heterocycles. The Hall–Kier alpha value is -3.62. The van der Waals surface area contributed by atoms with Gasteiger partial charge in [-0.1, -0.05) is 12.1 Å². The third-order valence-electron chi connectivity index (χ3n) is 4.83. The van der Waals surface area contributed by atoms with Crippen LogP contribution < -0.4 is 25.3 Å². The predicted octanol–water partition coefficient (Wildman–Crippen LogP) is 2.20. The SMILES string of the molecule is COc1cccc([C@@H]2N=C(N)Nc3nc4cc5c(cc4n32)OCCCO5)c1O. The van der Waals surface area contributed by atoms with Gasteiger partial charge in [-0.3, -0.25) is 9.88 Å². The van der Waals surface area contributed by atoms with E-state index in [0.29, 0.717) is 47.5 Å². The molecule has 0 saturated heterocycles. The number of aromatic nitrogens is 2. The highest BCUT2D eigenvalue weighted by molar-refractivity contribution is 5.95. The van der Waals surface area contributed by atoms with E-state index in [4.69, 9.17) is 19.9 Å². The van der Waals surface area contributed by atoms with E-state index in [9.17, 15) is 5.11 Å². The lowest BCUT2D eigenvalue weighted by atomic mass is 10.1. The van der Waals surface area contributed by atoms with E-state index in [0.717, 1.165) is 11.9 Å². The Bertz CT molecular complexity index is 1110. The van der Waals surface area contributed by atoms with Gasteiger partial charge in [0.25, 0.3) is 0 Å². The van der Waals surface area contributed by atoms with E-state index < -0.39 is 6.17 Å². The molecule has 2 aliphatic rings. The monoisotopic (exact) mass is 381 g/mol. The Morgan fingerprint density at radius 3 is 2.82 bits per heavy atom. The van der Waals surface area contributed by atoms with Gasteiger partial charge in [-0.05, 0) is 6.07 Å². The van der Waals surface area contributed by atoms with Crippen LogP contribution in [0.25, 0.3) is 11.0 Å². The van der Waals surface area contributed by atoms with E-state index in [1.807, 2.05) is 16.7 Å². The van der Waals surface area contributed by atoms with Crippen LogP contribution in [-0.4, -0.2) is 40.9 Å². The fourth-order valence-electron chi connectivity index (χ4n) is 3.54. The van der Waals surface area contributed by atoms with Gasteiger partial charge in [-0.2, -0.15) is 0 Å². The van der Waals surface area contributed by atoms with Crippen molar-refractivity contribution < 1.29 is 19.3 Å². The van der Waals surface area contributed by atoms with Crippen LogP contribution in [0.4, 0.5) is 5.95 Å². The molecule has 5 rings (SSSR count). The molecule has 3 heterocycles. The number of methoxy groups -OCH3 is 1. The first-order valence-corrected chi connectivity index (χ1v) is 8.93. The molecule has 2 aromatic carbocycles. The number of nitrogens with two attached hydrogens (primary N) is 1. The lowest BCUT2D eigenvalue weighted by Gasteiger charge is -2.24. The number of anilines is 1. The number of aliphatic imine (C=N–C) groups is 1. The van der Waals surface area contributed by atoms with Crippen LogP contribution in [0.2, 0.25) is 0 Å². The molecule has 1 atom stereocenters. The molecule has 0 spiro atoms. The maximum atomic E-state index is 10.7. The van der Waals surface area contributed by atoms with Crippen LogP contribution in [0.15, 0.2) is 35.3 Å². The first-order chi connectivity index (χ1) is 13.7. The average Bonchev–Trinajstić information content (AvgIpc) is 2.87. The van der Waals surface area contributed by atoms with Crippen LogP contribution in [0, 0.1) is 0 Å². The molecule has 3 aromatic rings. The predicted molar refractivity (Wildman–Crippen MR) is 103 cm³/mol. The number of hydrogen-bond donors (Lipinski definition) is 3. The first kappa shape index (κ1) is 16.5. The largest absolute Gasteiger partial charge is 0.504 e. The summed E-state index contributed by atoms with van der Waals surface area (Å²) in [6.45, 7) is 1.18. The highest BCUT2D eigenvalue weighted by atomic mass is 16.5. The van der Waals surface area contributed by atoms with Crippen LogP contribution in [-0.2, 0) is 0 Å². The van der Waals surface area contributed by atoms with Crippen molar-refractivity contribution in [3.63, 3.8) is 0 Å². The third-order valence-corrected chi connectivity index (χ3v) is 4.83. The van der Waals surface area contributed by atoms with Gasteiger partial charge < -0.3 is 25.1 Å². The van der Waals surface area contributed by atoms with Crippen molar-refractivity contribution >= 4 is 22.9 Å². The van der Waals surface area contributed by atoms with Crippen molar-refractivity contribution in [1.29, 1.82) is 0 Å². The zero-order chi connectivity index (χ0) is 19.3. The fourth-order valence-corrected chi connectivity index (χ4v) is 3.54. The number of ether oxygens (including phenoxy) is 3. The second-order valence-corrected chi connectivity index (χ2v) is 6.55. The number of rotatable bonds is 2. The van der Waals surface area contributed by atoms with Crippen molar-refractivity contribution in [2.45, 2.75) is 12.6 Å². The van der Waals surface area contributed by atoms with Crippen molar-refractivity contribution in [3.8, 4) is 23.0 Å². The molecule has 0 aliphatic carbocycles. The maximum Gasteiger partial charge on any atom is 0.212 e. The number of guanidine groups is 1. The summed E-state index contributed by atoms with van der Waals surface area (Å²) in [6, 6.07) is 8.99. The standard InChI is InChI=1S/C19H19N5O4/c1-26-13-5-2-4-10(16(13)25)17-22-18(20)23-19-21-11-8-14-15(9-12(11)24(17)19)28-7-3-6-27-14/h2,4-5,8-9,17,25H,3,6-7H2,1H3,(H3,20,21,22,23)/t17-/m1/s1. The second-order valence-electron chi connectivity index (χ2n) is 6.55. The molecule has 2 aliphatic heterocycles. The number of para-hydroxylation sites is 1. The highest BCUT2D eigenvalue weighted by Crippen LogP contribution is 2.42. The van der Waals surface area contributed by atoms with E-state index in [2.05, 4.69) is 15.3 Å². The van der Waals surface area contributed by atoms with E-state index in [-0.39, 0.29) is 11.7 Å². The summed E-state index contributed by atoms with van der Waals surface area (Å²) in [5.41, 5.74) is 8.04. The summed E-state index contributed by atoms with van der Waals surface area (Å²) in [4.78, 5) is 9.13. The molecule has 0 saturated carbocycles. The summed E-state index contributed by atoms with van der Waals surface area (Å²) in [7, 11) is 1.50. The summed E-state index contributed by atoms with van der Waals surface area (Å²) in [6.07, 6.45) is 0.210. The Morgan fingerprint density at radius 1 is 1.25 bits per heavy atom. The van der Waals surface area contributed by atoms with Gasteiger partial charge in [0.1, 0.15) is 0 Å². The highest BCUT2D eigenvalue weighted by Gasteiger charge is 2.29. The maximum absolute atomic E-state index is 10.7. The Morgan fingerprint density at radius 2 is 2.04 bits per heavy atom. The minimum atomic E-state index is -0.610. The van der Waals surface area contributed by atoms with Gasteiger partial charge in [0.05, 0.1) is 31.4 Å². The molecule has 0 amide bonds. The molecule has 0 radical (unpaired) electrons. The smallest absolute Gasteiger partial charge is 0.212 e. The number of hydrogen-bond acceptors (Lipinski definition) is 8. The van der Waals surface area contributed by atoms with Gasteiger partial charge in [0.2, 0.25) is 5.95 Å². The second kappa shape index (κ2) is 6.22. The molecule has 0 fully saturated rings. The Labute approximate surface area is 160 Å². The topological polar surface area (TPSA) is 116 Å². The van der Waals surface area contributed by atoms with Crippen LogP contribution in [0.3, 0.4) is 0 Å². The lowest BCUT2D eigenvalue weighted by molar-refractivity contribution is 0.297. The zero-order valence-corrected chi connectivity index (χ0v) is 15.2. The van der Waals surface area contributed by atoms with Crippen molar-refractivity contribution in [3.05, 3.63) is 35.9 Å². The summed E-state index contributed by atoms with van der Waals surface area (Å²) in [5, 5.41) is 13.6. The number of nitrogens with zero attached hydrogens (tertiary/aromatic N) is 3. The normalized spacial score (nSPS) is 18.0. The number of phenols is 1. The molecular weight excluding hydrogens is 362 g/mol.